The predicted molar refractivity (Wildman–Crippen MR) is 63.4 cm³/mol. The Bertz CT molecular complexity index is 325. The van der Waals surface area contributed by atoms with E-state index in [1.807, 2.05) is 0 Å². The quantitative estimate of drug-likeness (QED) is 0.481. The van der Waals surface area contributed by atoms with Crippen molar-refractivity contribution in [3.8, 4) is 0 Å². The van der Waals surface area contributed by atoms with Gasteiger partial charge in [0, 0.05) is 13.7 Å². The Balaban J connectivity index is 2.43. The predicted octanol–water partition coefficient (Wildman–Crippen LogP) is -0.316. The number of methoxy groups -OCH3 is 1. The summed E-state index contributed by atoms with van der Waals surface area (Å²) in [4.78, 5) is 23.9. The van der Waals surface area contributed by atoms with Gasteiger partial charge in [-0.05, 0) is 0 Å². The van der Waals surface area contributed by atoms with Crippen LogP contribution in [-0.2, 0) is 14.3 Å². The average molecular weight is 258 g/mol. The van der Waals surface area contributed by atoms with Crippen LogP contribution in [0.5, 0.6) is 0 Å². The summed E-state index contributed by atoms with van der Waals surface area (Å²) in [6.45, 7) is 4.54. The lowest BCUT2D eigenvalue weighted by atomic mass is 9.90. The van der Waals surface area contributed by atoms with Crippen molar-refractivity contribution < 1.29 is 24.2 Å². The summed E-state index contributed by atoms with van der Waals surface area (Å²) < 4.78 is 9.66. The largest absolute Gasteiger partial charge is 0.480 e. The second-order valence-electron chi connectivity index (χ2n) is 4.03. The normalized spacial score (nSPS) is 16.8. The molecule has 0 aliphatic carbocycles. The minimum atomic E-state index is -1.09. The number of carboxylic acid groups (broad SMARTS) is 1. The first kappa shape index (κ1) is 14.5. The number of amides is 1. The summed E-state index contributed by atoms with van der Waals surface area (Å²) in [5.41, 5.74) is -1.09. The number of hydrogen-bond acceptors (Lipinski definition) is 5. The minimum Gasteiger partial charge on any atom is -0.480 e. The van der Waals surface area contributed by atoms with E-state index in [-0.39, 0.29) is 19.7 Å². The lowest BCUT2D eigenvalue weighted by molar-refractivity contribution is -0.151. The van der Waals surface area contributed by atoms with E-state index in [4.69, 9.17) is 14.6 Å². The molecule has 2 N–H and O–H groups in total. The number of ether oxygens (including phenoxy) is 2. The summed E-state index contributed by atoms with van der Waals surface area (Å²) in [5.74, 6) is -0.980. The smallest absolute Gasteiger partial charge is 0.410 e. The molecular weight excluding hydrogens is 240 g/mol. The molecule has 18 heavy (non-hydrogen) atoms. The molecule has 1 amide bonds. The molecule has 0 saturated carbocycles. The number of nitrogens with one attached hydrogen (secondary N) is 1. The highest BCUT2D eigenvalue weighted by Crippen LogP contribution is 2.22. The molecule has 0 aromatic heterocycles. The van der Waals surface area contributed by atoms with E-state index in [0.29, 0.717) is 13.2 Å². The van der Waals surface area contributed by atoms with Gasteiger partial charge in [0.05, 0.1) is 19.7 Å². The Morgan fingerprint density at radius 3 is 2.72 bits per heavy atom. The van der Waals surface area contributed by atoms with Gasteiger partial charge in [-0.15, -0.1) is 0 Å². The maximum Gasteiger partial charge on any atom is 0.410 e. The fraction of sp³-hybridized carbons (Fsp3) is 0.636. The van der Waals surface area contributed by atoms with Gasteiger partial charge in [0.1, 0.15) is 6.61 Å². The molecule has 1 aliphatic heterocycles. The zero-order chi connectivity index (χ0) is 13.6. The van der Waals surface area contributed by atoms with Crippen molar-refractivity contribution in [2.45, 2.75) is 5.54 Å². The SMILES string of the molecule is C=CCOC(=O)N1CC(NCCOC)(C(=O)O)C1. The van der Waals surface area contributed by atoms with Crippen molar-refractivity contribution in [3.05, 3.63) is 12.7 Å². The Labute approximate surface area is 105 Å². The van der Waals surface area contributed by atoms with Crippen molar-refractivity contribution in [2.75, 3.05) is 40.0 Å². The molecule has 0 unspecified atom stereocenters. The van der Waals surface area contributed by atoms with Crippen LogP contribution in [0.3, 0.4) is 0 Å². The fourth-order valence-corrected chi connectivity index (χ4v) is 1.67. The first-order valence-corrected chi connectivity index (χ1v) is 5.55. The lowest BCUT2D eigenvalue weighted by Crippen LogP contribution is -2.74. The minimum absolute atomic E-state index is 0.0853. The van der Waals surface area contributed by atoms with E-state index in [1.54, 1.807) is 0 Å². The number of nitrogens with zero attached hydrogens (tertiary/aromatic N) is 1. The van der Waals surface area contributed by atoms with Gasteiger partial charge in [0.15, 0.2) is 5.54 Å². The van der Waals surface area contributed by atoms with Gasteiger partial charge in [-0.25, -0.2) is 4.79 Å². The zero-order valence-corrected chi connectivity index (χ0v) is 10.3. The molecule has 0 aromatic rings. The highest BCUT2D eigenvalue weighted by molar-refractivity contribution is 5.84. The number of likely N-dealkylation sites (tertiary alicyclic amines) is 1. The molecule has 0 radical (unpaired) electrons. The molecule has 1 heterocycles. The zero-order valence-electron chi connectivity index (χ0n) is 10.3. The molecule has 102 valence electrons. The van der Waals surface area contributed by atoms with E-state index in [0.717, 1.165) is 0 Å². The Morgan fingerprint density at radius 1 is 1.56 bits per heavy atom. The molecule has 7 nitrogen and oxygen atoms in total. The fourth-order valence-electron chi connectivity index (χ4n) is 1.67. The molecule has 0 spiro atoms. The van der Waals surface area contributed by atoms with E-state index < -0.39 is 17.6 Å². The van der Waals surface area contributed by atoms with E-state index in [2.05, 4.69) is 11.9 Å². The standard InChI is InChI=1S/C11H18N2O5/c1-3-5-18-10(16)13-7-11(8-13,9(14)15)12-4-6-17-2/h3,12H,1,4-8H2,2H3,(H,14,15). The van der Waals surface area contributed by atoms with Crippen molar-refractivity contribution in [1.29, 1.82) is 0 Å². The van der Waals surface area contributed by atoms with Gasteiger partial charge >= 0.3 is 12.1 Å². The molecular formula is C11H18N2O5. The van der Waals surface area contributed by atoms with Gasteiger partial charge in [-0.2, -0.15) is 0 Å². The van der Waals surface area contributed by atoms with E-state index in [1.165, 1.54) is 18.1 Å². The van der Waals surface area contributed by atoms with Crippen LogP contribution < -0.4 is 5.32 Å². The van der Waals surface area contributed by atoms with Gasteiger partial charge < -0.3 is 19.5 Å². The second-order valence-corrected chi connectivity index (χ2v) is 4.03. The Morgan fingerprint density at radius 2 is 2.22 bits per heavy atom. The number of aliphatic carboxylic acids is 1. The number of carboxylic acids is 1. The lowest BCUT2D eigenvalue weighted by Gasteiger charge is -2.46. The molecule has 7 heteroatoms. The first-order chi connectivity index (χ1) is 8.55. The average Bonchev–Trinajstić information content (AvgIpc) is 2.28. The topological polar surface area (TPSA) is 88.1 Å². The summed E-state index contributed by atoms with van der Waals surface area (Å²) >= 11 is 0. The monoisotopic (exact) mass is 258 g/mol. The molecule has 1 fully saturated rings. The van der Waals surface area contributed by atoms with Gasteiger partial charge in [0.25, 0.3) is 0 Å². The Kier molecular flexibility index (Phi) is 5.11. The van der Waals surface area contributed by atoms with Gasteiger partial charge in [0.2, 0.25) is 0 Å². The highest BCUT2D eigenvalue weighted by Gasteiger charge is 2.51. The summed E-state index contributed by atoms with van der Waals surface area (Å²) in [5, 5.41) is 12.0. The van der Waals surface area contributed by atoms with Crippen LogP contribution in [0.15, 0.2) is 12.7 Å². The summed E-state index contributed by atoms with van der Waals surface area (Å²) in [7, 11) is 1.54. The van der Waals surface area contributed by atoms with E-state index >= 15 is 0 Å². The van der Waals surface area contributed by atoms with Crippen molar-refractivity contribution in [1.82, 2.24) is 10.2 Å². The van der Waals surface area contributed by atoms with Crippen LogP contribution in [0.4, 0.5) is 4.79 Å². The van der Waals surface area contributed by atoms with Crippen LogP contribution >= 0.6 is 0 Å². The number of rotatable bonds is 7. The van der Waals surface area contributed by atoms with Gasteiger partial charge in [-0.3, -0.25) is 10.1 Å². The second kappa shape index (κ2) is 6.36. The van der Waals surface area contributed by atoms with Gasteiger partial charge in [-0.1, -0.05) is 12.7 Å². The molecule has 0 bridgehead atoms. The van der Waals surface area contributed by atoms with Crippen LogP contribution in [0, 0.1) is 0 Å². The summed E-state index contributed by atoms with van der Waals surface area (Å²) in [6, 6.07) is 0. The molecule has 0 aromatic carbocycles. The molecule has 0 atom stereocenters. The summed E-state index contributed by atoms with van der Waals surface area (Å²) in [6.07, 6.45) is 0.930. The van der Waals surface area contributed by atoms with Crippen molar-refractivity contribution in [3.63, 3.8) is 0 Å². The number of hydrogen-bond donors (Lipinski definition) is 2. The first-order valence-electron chi connectivity index (χ1n) is 5.55. The van der Waals surface area contributed by atoms with Crippen molar-refractivity contribution >= 4 is 12.1 Å². The van der Waals surface area contributed by atoms with Crippen LogP contribution in [0.1, 0.15) is 0 Å². The highest BCUT2D eigenvalue weighted by atomic mass is 16.6. The maximum absolute atomic E-state index is 11.4. The van der Waals surface area contributed by atoms with Crippen LogP contribution in [0.2, 0.25) is 0 Å². The van der Waals surface area contributed by atoms with Crippen LogP contribution in [0.25, 0.3) is 0 Å². The third-order valence-corrected chi connectivity index (χ3v) is 2.68. The van der Waals surface area contributed by atoms with Crippen molar-refractivity contribution in [2.24, 2.45) is 0 Å². The number of carbonyl (C=O) groups is 2. The molecule has 1 saturated heterocycles. The Hall–Kier alpha value is -1.60. The third-order valence-electron chi connectivity index (χ3n) is 2.68. The maximum atomic E-state index is 11.4. The molecule has 1 rings (SSSR count). The van der Waals surface area contributed by atoms with Crippen LogP contribution in [-0.4, -0.2) is 67.6 Å². The molecule has 1 aliphatic rings. The number of carbonyl (C=O) groups excluding carboxylic acids is 1. The van der Waals surface area contributed by atoms with E-state index in [9.17, 15) is 9.59 Å². The third kappa shape index (κ3) is 3.21.